The number of carbonyl (C=O) groups is 2. The number of nitrogens with zero attached hydrogens (tertiary/aromatic N) is 3. The maximum absolute atomic E-state index is 12.7. The third kappa shape index (κ3) is 7.35. The van der Waals surface area contributed by atoms with Crippen molar-refractivity contribution in [2.24, 2.45) is 23.2 Å². The zero-order chi connectivity index (χ0) is 26.4. The molecular weight excluding hydrogens is 460 g/mol. The molecular formula is C31H50N4O2. The van der Waals surface area contributed by atoms with E-state index in [2.05, 4.69) is 47.9 Å². The summed E-state index contributed by atoms with van der Waals surface area (Å²) in [6, 6.07) is 0. The molecule has 0 aromatic heterocycles. The third-order valence-corrected chi connectivity index (χ3v) is 9.85. The molecule has 0 aromatic carbocycles. The smallest absolute Gasteiger partial charge is 0.224 e. The van der Waals surface area contributed by atoms with Crippen molar-refractivity contribution in [1.82, 2.24) is 20.0 Å². The average molecular weight is 511 g/mol. The number of piperidine rings is 1. The van der Waals surface area contributed by atoms with Gasteiger partial charge in [-0.15, -0.1) is 6.58 Å². The van der Waals surface area contributed by atoms with Crippen LogP contribution in [0.2, 0.25) is 0 Å². The Morgan fingerprint density at radius 1 is 0.892 bits per heavy atom. The number of nitrogens with one attached hydrogen (secondary N) is 1. The van der Waals surface area contributed by atoms with Crippen LogP contribution in [0.15, 0.2) is 37.0 Å². The van der Waals surface area contributed by atoms with Crippen LogP contribution in [0, 0.1) is 23.2 Å². The second-order valence-corrected chi connectivity index (χ2v) is 12.4. The number of hydrogen-bond donors (Lipinski definition) is 1. The van der Waals surface area contributed by atoms with Crippen LogP contribution in [0.5, 0.6) is 0 Å². The Morgan fingerprint density at radius 2 is 1.57 bits per heavy atom. The first-order valence-corrected chi connectivity index (χ1v) is 14.8. The molecule has 1 aliphatic carbocycles. The van der Waals surface area contributed by atoms with Gasteiger partial charge in [0.2, 0.25) is 11.8 Å². The molecule has 0 unspecified atom stereocenters. The van der Waals surface area contributed by atoms with Crippen LogP contribution in [0.1, 0.15) is 64.7 Å². The number of piperazine rings is 1. The fraction of sp³-hybridized carbons (Fsp3) is 0.742. The summed E-state index contributed by atoms with van der Waals surface area (Å²) in [4.78, 5) is 32.0. The Morgan fingerprint density at radius 3 is 2.27 bits per heavy atom. The van der Waals surface area contributed by atoms with Crippen LogP contribution >= 0.6 is 0 Å². The fourth-order valence-corrected chi connectivity index (χ4v) is 7.09. The molecule has 7 fully saturated rings. The predicted octanol–water partition coefficient (Wildman–Crippen LogP) is 4.25. The molecule has 6 heterocycles. The minimum absolute atomic E-state index is 0.0830. The van der Waals surface area contributed by atoms with Crippen LogP contribution in [0.4, 0.5) is 0 Å². The quantitative estimate of drug-likeness (QED) is 0.536. The monoisotopic (exact) mass is 510 g/mol. The van der Waals surface area contributed by atoms with Gasteiger partial charge in [0.25, 0.3) is 0 Å². The lowest BCUT2D eigenvalue weighted by Crippen LogP contribution is -2.50. The van der Waals surface area contributed by atoms with Crippen molar-refractivity contribution in [3.8, 4) is 0 Å². The van der Waals surface area contributed by atoms with Crippen molar-refractivity contribution < 1.29 is 9.59 Å². The largest absolute Gasteiger partial charge is 0.356 e. The summed E-state index contributed by atoms with van der Waals surface area (Å²) >= 11 is 0. The van der Waals surface area contributed by atoms with Gasteiger partial charge < -0.3 is 10.2 Å². The van der Waals surface area contributed by atoms with Crippen molar-refractivity contribution in [2.75, 3.05) is 58.9 Å². The molecule has 1 saturated carbocycles. The zero-order valence-electron chi connectivity index (χ0n) is 23.3. The predicted molar refractivity (Wildman–Crippen MR) is 151 cm³/mol. The van der Waals surface area contributed by atoms with Gasteiger partial charge in [0.1, 0.15) is 0 Å². The Kier molecular flexibility index (Phi) is 9.68. The molecule has 3 atom stereocenters. The van der Waals surface area contributed by atoms with Gasteiger partial charge >= 0.3 is 0 Å². The number of carbonyl (C=O) groups excluding carboxylic acids is 2. The summed E-state index contributed by atoms with van der Waals surface area (Å²) in [5.74, 6) is 1.90. The van der Waals surface area contributed by atoms with E-state index in [0.29, 0.717) is 37.1 Å². The third-order valence-electron chi connectivity index (χ3n) is 9.85. The van der Waals surface area contributed by atoms with Crippen LogP contribution in [0.25, 0.3) is 0 Å². The van der Waals surface area contributed by atoms with Crippen molar-refractivity contribution in [3.05, 3.63) is 37.0 Å². The van der Waals surface area contributed by atoms with Gasteiger partial charge in [-0.1, -0.05) is 37.3 Å². The minimum Gasteiger partial charge on any atom is -0.356 e. The summed E-state index contributed by atoms with van der Waals surface area (Å²) in [6.07, 6.45) is 11.0. The maximum Gasteiger partial charge on any atom is 0.224 e. The van der Waals surface area contributed by atoms with Crippen LogP contribution < -0.4 is 5.32 Å². The van der Waals surface area contributed by atoms with E-state index in [1.807, 2.05) is 4.90 Å². The molecule has 206 valence electrons. The molecule has 6 heteroatoms. The van der Waals surface area contributed by atoms with Gasteiger partial charge in [-0.05, 0) is 81.2 Å². The van der Waals surface area contributed by atoms with E-state index < -0.39 is 0 Å². The van der Waals surface area contributed by atoms with E-state index >= 15 is 0 Å². The molecule has 0 spiro atoms. The molecule has 7 rings (SSSR count). The van der Waals surface area contributed by atoms with Crippen LogP contribution in [-0.4, -0.2) is 85.4 Å². The molecule has 6 aliphatic heterocycles. The summed E-state index contributed by atoms with van der Waals surface area (Å²) in [6.45, 7) is 23.7. The standard InChI is InChI=1S/C31H50N4O2/c1-5-31(4)13-9-27-21-28(31)25(3)23-33-15-11-26(12-16-33)7-6-8-29(36)32-14-10-30(37)35-19-17-34(18-20-35)22-24(27)2/h5,26-28H,1-3,6-23H2,4H3,(H,32,36)/t27-,28+,31-/m1/s1. The van der Waals surface area contributed by atoms with E-state index in [1.165, 1.54) is 30.4 Å². The Labute approximate surface area is 225 Å². The van der Waals surface area contributed by atoms with Gasteiger partial charge in [0.05, 0.1) is 0 Å². The van der Waals surface area contributed by atoms with Crippen LogP contribution in [-0.2, 0) is 9.59 Å². The summed E-state index contributed by atoms with van der Waals surface area (Å²) in [5.41, 5.74) is 2.80. The molecule has 37 heavy (non-hydrogen) atoms. The van der Waals surface area contributed by atoms with E-state index in [9.17, 15) is 9.59 Å². The highest BCUT2D eigenvalue weighted by molar-refractivity contribution is 5.79. The second-order valence-electron chi connectivity index (χ2n) is 12.4. The zero-order valence-corrected chi connectivity index (χ0v) is 23.3. The SMILES string of the molecule is C=C[C@]1(C)CC[C@@H]2C[C@H]1C(=C)CN1CCC(CCCC(=O)NCCC(=O)N3CCN(CC3)CC2=C)CC1. The molecule has 6 nitrogen and oxygen atoms in total. The molecule has 6 bridgehead atoms. The van der Waals surface area contributed by atoms with E-state index in [-0.39, 0.29) is 17.2 Å². The van der Waals surface area contributed by atoms with Crippen molar-refractivity contribution >= 4 is 11.8 Å². The number of allylic oxidation sites excluding steroid dienone is 1. The lowest BCUT2D eigenvalue weighted by Gasteiger charge is -2.46. The molecule has 2 amide bonds. The number of amides is 2. The average Bonchev–Trinajstić information content (AvgIpc) is 2.89. The van der Waals surface area contributed by atoms with E-state index in [1.54, 1.807) is 0 Å². The number of hydrogen-bond acceptors (Lipinski definition) is 4. The highest BCUT2D eigenvalue weighted by Gasteiger charge is 2.40. The van der Waals surface area contributed by atoms with Crippen molar-refractivity contribution in [1.29, 1.82) is 0 Å². The Bertz CT molecular complexity index is 853. The molecule has 0 radical (unpaired) electrons. The summed E-state index contributed by atoms with van der Waals surface area (Å²) in [7, 11) is 0. The minimum atomic E-state index is 0.0830. The van der Waals surface area contributed by atoms with Gasteiger partial charge in [0.15, 0.2) is 0 Å². The first-order valence-electron chi connectivity index (χ1n) is 14.8. The molecule has 6 saturated heterocycles. The van der Waals surface area contributed by atoms with Crippen molar-refractivity contribution in [2.45, 2.75) is 64.7 Å². The molecule has 7 aliphatic rings. The molecule has 0 aromatic rings. The Hall–Kier alpha value is -1.92. The molecule has 1 N–H and O–H groups in total. The summed E-state index contributed by atoms with van der Waals surface area (Å²) in [5, 5.41) is 2.97. The fourth-order valence-electron chi connectivity index (χ4n) is 7.09. The van der Waals surface area contributed by atoms with Crippen molar-refractivity contribution in [3.63, 3.8) is 0 Å². The van der Waals surface area contributed by atoms with Gasteiger partial charge in [-0.3, -0.25) is 19.4 Å². The maximum atomic E-state index is 12.7. The number of rotatable bonds is 1. The Balaban J connectivity index is 1.43. The van der Waals surface area contributed by atoms with Gasteiger partial charge in [-0.2, -0.15) is 0 Å². The topological polar surface area (TPSA) is 55.9 Å². The normalized spacial score (nSPS) is 37.3. The van der Waals surface area contributed by atoms with E-state index in [4.69, 9.17) is 0 Å². The highest BCUT2D eigenvalue weighted by atomic mass is 16.2. The van der Waals surface area contributed by atoms with Crippen LogP contribution in [0.3, 0.4) is 0 Å². The highest BCUT2D eigenvalue weighted by Crippen LogP contribution is 2.49. The first kappa shape index (κ1) is 28.1. The van der Waals surface area contributed by atoms with E-state index in [0.717, 1.165) is 78.0 Å². The lowest BCUT2D eigenvalue weighted by molar-refractivity contribution is -0.132. The van der Waals surface area contributed by atoms with Gasteiger partial charge in [-0.25, -0.2) is 0 Å². The lowest BCUT2D eigenvalue weighted by atomic mass is 9.61. The summed E-state index contributed by atoms with van der Waals surface area (Å²) < 4.78 is 0. The van der Waals surface area contributed by atoms with Gasteiger partial charge in [0, 0.05) is 58.7 Å². The second kappa shape index (κ2) is 12.8. The first-order chi connectivity index (χ1) is 17.8.